The van der Waals surface area contributed by atoms with E-state index in [1.807, 2.05) is 0 Å². The van der Waals surface area contributed by atoms with Gasteiger partial charge in [-0.2, -0.15) is 0 Å². The fraction of sp³-hybridized carbons (Fsp3) is 0.750. The van der Waals surface area contributed by atoms with E-state index in [-0.39, 0.29) is 0 Å². The lowest BCUT2D eigenvalue weighted by atomic mass is 10.1. The van der Waals surface area contributed by atoms with Gasteiger partial charge < -0.3 is 15.5 Å². The van der Waals surface area contributed by atoms with E-state index in [4.69, 9.17) is 4.98 Å². The first-order chi connectivity index (χ1) is 10.1. The van der Waals surface area contributed by atoms with Gasteiger partial charge in [-0.3, -0.25) is 0 Å². The minimum atomic E-state index is 0.527. The number of hydrogen-bond acceptors (Lipinski definition) is 5. The van der Waals surface area contributed by atoms with Gasteiger partial charge in [-0.25, -0.2) is 9.97 Å². The molecule has 1 aliphatic heterocycles. The maximum Gasteiger partial charge on any atom is 0.134 e. The van der Waals surface area contributed by atoms with Crippen molar-refractivity contribution in [2.45, 2.75) is 52.5 Å². The monoisotopic (exact) mass is 291 g/mol. The van der Waals surface area contributed by atoms with Gasteiger partial charge in [0.25, 0.3) is 0 Å². The third-order valence-electron chi connectivity index (χ3n) is 4.07. The van der Waals surface area contributed by atoms with Crippen molar-refractivity contribution < 1.29 is 0 Å². The highest BCUT2D eigenvalue weighted by Crippen LogP contribution is 2.23. The number of hydrogen-bond donors (Lipinski definition) is 2. The van der Waals surface area contributed by atoms with Gasteiger partial charge in [-0.15, -0.1) is 0 Å². The van der Waals surface area contributed by atoms with Gasteiger partial charge in [0.15, 0.2) is 0 Å². The van der Waals surface area contributed by atoms with Crippen LogP contribution in [0.1, 0.15) is 44.5 Å². The topological polar surface area (TPSA) is 53.1 Å². The fourth-order valence-corrected chi connectivity index (χ4v) is 2.72. The summed E-state index contributed by atoms with van der Waals surface area (Å²) < 4.78 is 0. The van der Waals surface area contributed by atoms with Gasteiger partial charge in [0, 0.05) is 24.6 Å². The Morgan fingerprint density at radius 1 is 1.14 bits per heavy atom. The van der Waals surface area contributed by atoms with E-state index in [0.717, 1.165) is 55.5 Å². The number of aromatic nitrogens is 2. The van der Waals surface area contributed by atoms with Crippen LogP contribution < -0.4 is 10.6 Å². The zero-order valence-corrected chi connectivity index (χ0v) is 13.9. The molecular weight excluding hydrogens is 262 g/mol. The van der Waals surface area contributed by atoms with E-state index in [2.05, 4.69) is 48.3 Å². The van der Waals surface area contributed by atoms with Crippen LogP contribution in [-0.2, 0) is 6.42 Å². The first kappa shape index (κ1) is 16.0. The SMILES string of the molecule is CCCc1nc(NCC)c(C)c(NC2CCN(C)CC2)n1. The summed E-state index contributed by atoms with van der Waals surface area (Å²) in [6.07, 6.45) is 4.36. The van der Waals surface area contributed by atoms with Crippen LogP contribution in [0.15, 0.2) is 0 Å². The maximum atomic E-state index is 4.74. The quantitative estimate of drug-likeness (QED) is 0.844. The molecule has 118 valence electrons. The second-order valence-corrected chi connectivity index (χ2v) is 5.96. The number of nitrogens with zero attached hydrogens (tertiary/aromatic N) is 3. The summed E-state index contributed by atoms with van der Waals surface area (Å²) in [5.74, 6) is 2.93. The number of piperidine rings is 1. The molecule has 0 bridgehead atoms. The summed E-state index contributed by atoms with van der Waals surface area (Å²) in [6, 6.07) is 0.527. The Hall–Kier alpha value is -1.36. The number of aryl methyl sites for hydroxylation is 1. The standard InChI is InChI=1S/C16H29N5/c1-5-7-14-19-15(17-6-2)12(3)16(20-14)18-13-8-10-21(4)11-9-13/h13H,5-11H2,1-4H3,(H2,17,18,19,20). The molecule has 0 radical (unpaired) electrons. The molecule has 1 saturated heterocycles. The number of nitrogens with one attached hydrogen (secondary N) is 2. The number of rotatable bonds is 6. The lowest BCUT2D eigenvalue weighted by Crippen LogP contribution is -2.37. The molecule has 1 aromatic rings. The lowest BCUT2D eigenvalue weighted by Gasteiger charge is -2.30. The summed E-state index contributed by atoms with van der Waals surface area (Å²) in [7, 11) is 2.19. The maximum absolute atomic E-state index is 4.74. The zero-order chi connectivity index (χ0) is 15.2. The van der Waals surface area contributed by atoms with Crippen molar-refractivity contribution in [3.63, 3.8) is 0 Å². The van der Waals surface area contributed by atoms with Gasteiger partial charge >= 0.3 is 0 Å². The Balaban J connectivity index is 2.16. The first-order valence-electron chi connectivity index (χ1n) is 8.20. The van der Waals surface area contributed by atoms with E-state index in [9.17, 15) is 0 Å². The first-order valence-corrected chi connectivity index (χ1v) is 8.20. The van der Waals surface area contributed by atoms with Crippen LogP contribution in [0, 0.1) is 6.92 Å². The third-order valence-corrected chi connectivity index (χ3v) is 4.07. The van der Waals surface area contributed by atoms with Gasteiger partial charge in [0.05, 0.1) is 0 Å². The summed E-state index contributed by atoms with van der Waals surface area (Å²) >= 11 is 0. The Bertz CT molecular complexity index is 452. The molecule has 21 heavy (non-hydrogen) atoms. The molecule has 5 nitrogen and oxygen atoms in total. The van der Waals surface area contributed by atoms with E-state index in [0.29, 0.717) is 6.04 Å². The van der Waals surface area contributed by atoms with Crippen molar-refractivity contribution in [1.82, 2.24) is 14.9 Å². The van der Waals surface area contributed by atoms with E-state index >= 15 is 0 Å². The Kier molecular flexibility index (Phi) is 5.79. The molecule has 1 aromatic heterocycles. The molecule has 0 aliphatic carbocycles. The minimum absolute atomic E-state index is 0.527. The molecule has 1 aliphatic rings. The molecule has 0 amide bonds. The van der Waals surface area contributed by atoms with Crippen molar-refractivity contribution in [1.29, 1.82) is 0 Å². The summed E-state index contributed by atoms with van der Waals surface area (Å²) in [5, 5.41) is 7.01. The van der Waals surface area contributed by atoms with Crippen molar-refractivity contribution in [3.05, 3.63) is 11.4 Å². The zero-order valence-electron chi connectivity index (χ0n) is 13.9. The summed E-state index contributed by atoms with van der Waals surface area (Å²) in [6.45, 7) is 9.57. The van der Waals surface area contributed by atoms with E-state index in [1.54, 1.807) is 0 Å². The molecule has 2 heterocycles. The Morgan fingerprint density at radius 2 is 1.81 bits per heavy atom. The minimum Gasteiger partial charge on any atom is -0.370 e. The molecule has 0 saturated carbocycles. The molecule has 0 atom stereocenters. The van der Waals surface area contributed by atoms with Crippen molar-refractivity contribution >= 4 is 11.6 Å². The van der Waals surface area contributed by atoms with Gasteiger partial charge in [-0.1, -0.05) is 6.92 Å². The van der Waals surface area contributed by atoms with Crippen molar-refractivity contribution in [2.75, 3.05) is 37.3 Å². The molecule has 1 fully saturated rings. The van der Waals surface area contributed by atoms with E-state index in [1.165, 1.54) is 12.8 Å². The summed E-state index contributed by atoms with van der Waals surface area (Å²) in [4.78, 5) is 11.8. The van der Waals surface area contributed by atoms with Crippen LogP contribution in [0.2, 0.25) is 0 Å². The fourth-order valence-electron chi connectivity index (χ4n) is 2.72. The molecule has 0 aromatic carbocycles. The Labute approximate surface area is 128 Å². The molecule has 0 spiro atoms. The molecule has 5 heteroatoms. The van der Waals surface area contributed by atoms with Gasteiger partial charge in [-0.05, 0) is 53.2 Å². The van der Waals surface area contributed by atoms with Crippen LogP contribution in [0.5, 0.6) is 0 Å². The number of anilines is 2. The molecule has 0 unspecified atom stereocenters. The molecule has 2 rings (SSSR count). The lowest BCUT2D eigenvalue weighted by molar-refractivity contribution is 0.263. The van der Waals surface area contributed by atoms with Crippen LogP contribution >= 0.6 is 0 Å². The molecular formula is C16H29N5. The van der Waals surface area contributed by atoms with Crippen LogP contribution in [0.4, 0.5) is 11.6 Å². The van der Waals surface area contributed by atoms with Gasteiger partial charge in [0.1, 0.15) is 17.5 Å². The highest BCUT2D eigenvalue weighted by molar-refractivity contribution is 5.57. The number of likely N-dealkylation sites (tertiary alicyclic amines) is 1. The average Bonchev–Trinajstić information content (AvgIpc) is 2.47. The second kappa shape index (κ2) is 7.59. The highest BCUT2D eigenvalue weighted by Gasteiger charge is 2.19. The van der Waals surface area contributed by atoms with Crippen molar-refractivity contribution in [3.8, 4) is 0 Å². The highest BCUT2D eigenvalue weighted by atomic mass is 15.1. The van der Waals surface area contributed by atoms with Crippen LogP contribution in [-0.4, -0.2) is 47.6 Å². The van der Waals surface area contributed by atoms with Crippen molar-refractivity contribution in [2.24, 2.45) is 0 Å². The van der Waals surface area contributed by atoms with Crippen LogP contribution in [0.3, 0.4) is 0 Å². The molecule has 2 N–H and O–H groups in total. The second-order valence-electron chi connectivity index (χ2n) is 5.96. The van der Waals surface area contributed by atoms with Gasteiger partial charge in [0.2, 0.25) is 0 Å². The average molecular weight is 291 g/mol. The van der Waals surface area contributed by atoms with E-state index < -0.39 is 0 Å². The smallest absolute Gasteiger partial charge is 0.134 e. The van der Waals surface area contributed by atoms with Crippen LogP contribution in [0.25, 0.3) is 0 Å². The predicted octanol–water partition coefficient (Wildman–Crippen LogP) is 2.68. The summed E-state index contributed by atoms with van der Waals surface area (Å²) in [5.41, 5.74) is 1.13. The predicted molar refractivity (Wildman–Crippen MR) is 89.1 cm³/mol. The normalized spacial score (nSPS) is 17.0. The Morgan fingerprint density at radius 3 is 2.43 bits per heavy atom. The largest absolute Gasteiger partial charge is 0.370 e. The third kappa shape index (κ3) is 4.30.